The number of nitrogens with one attached hydrogen (secondary N) is 2. The van der Waals surface area contributed by atoms with Crippen LogP contribution >= 0.6 is 46.1 Å². The van der Waals surface area contributed by atoms with E-state index >= 15 is 0 Å². The molecule has 0 unspecified atom stereocenters. The number of carbonyl (C=O) groups is 1. The van der Waals surface area contributed by atoms with Crippen molar-refractivity contribution in [3.05, 3.63) is 63.1 Å². The molecule has 1 heterocycles. The lowest BCUT2D eigenvalue weighted by atomic mass is 10.2. The van der Waals surface area contributed by atoms with E-state index in [0.29, 0.717) is 36.5 Å². The monoisotopic (exact) mass is 438 g/mol. The van der Waals surface area contributed by atoms with Gasteiger partial charge in [-0.05, 0) is 24.3 Å². The van der Waals surface area contributed by atoms with Crippen molar-refractivity contribution in [2.24, 2.45) is 5.10 Å². The molecule has 3 aromatic rings. The number of thiazole rings is 1. The normalized spacial score (nSPS) is 11.0. The molecule has 3 rings (SSSR count). The minimum absolute atomic E-state index is 0.183. The average Bonchev–Trinajstić information content (AvgIpc) is 2.99. The molecule has 0 fully saturated rings. The fourth-order valence-corrected chi connectivity index (χ4v) is 3.65. The highest BCUT2D eigenvalue weighted by molar-refractivity contribution is 7.20. The van der Waals surface area contributed by atoms with Crippen LogP contribution in [0.4, 0.5) is 10.1 Å². The molecule has 0 spiro atoms. The van der Waals surface area contributed by atoms with Gasteiger partial charge in [0.2, 0.25) is 11.0 Å². The van der Waals surface area contributed by atoms with Crippen LogP contribution in [0.3, 0.4) is 0 Å². The molecule has 9 heteroatoms. The predicted molar refractivity (Wildman–Crippen MR) is 115 cm³/mol. The van der Waals surface area contributed by atoms with Crippen molar-refractivity contribution in [2.45, 2.75) is 6.92 Å². The van der Waals surface area contributed by atoms with E-state index in [2.05, 4.69) is 20.8 Å². The summed E-state index contributed by atoms with van der Waals surface area (Å²) in [4.78, 5) is 16.0. The lowest BCUT2D eigenvalue weighted by molar-refractivity contribution is -0.114. The number of rotatable bonds is 5. The fraction of sp³-hybridized carbons (Fsp3) is 0.0556. The Balaban J connectivity index is 1.84. The third kappa shape index (κ3) is 5.20. The number of hydrogen-bond donors (Lipinski definition) is 2. The smallest absolute Gasteiger partial charge is 0.221 e. The maximum absolute atomic E-state index is 11.5. The van der Waals surface area contributed by atoms with Crippen molar-refractivity contribution >= 4 is 68.4 Å². The van der Waals surface area contributed by atoms with E-state index in [9.17, 15) is 4.79 Å². The Morgan fingerprint density at radius 3 is 2.48 bits per heavy atom. The molecule has 0 bridgehead atoms. The number of hydrogen-bond acceptors (Lipinski definition) is 5. The zero-order chi connectivity index (χ0) is 19.4. The number of halogens is 3. The highest BCUT2D eigenvalue weighted by Crippen LogP contribution is 2.36. The van der Waals surface area contributed by atoms with Crippen molar-refractivity contribution in [3.8, 4) is 11.3 Å². The molecule has 0 saturated heterocycles. The summed E-state index contributed by atoms with van der Waals surface area (Å²) in [7, 11) is 0. The van der Waals surface area contributed by atoms with E-state index < -0.39 is 0 Å². The first kappa shape index (κ1) is 19.6. The summed E-state index contributed by atoms with van der Waals surface area (Å²) in [6, 6.07) is 12.3. The van der Waals surface area contributed by atoms with Gasteiger partial charge in [0.15, 0.2) is 0 Å². The Hall–Kier alpha value is -2.12. The first-order chi connectivity index (χ1) is 12.9. The van der Waals surface area contributed by atoms with E-state index in [1.54, 1.807) is 36.5 Å². The number of aromatic nitrogens is 1. The molecule has 27 heavy (non-hydrogen) atoms. The largest absolute Gasteiger partial charge is 0.316 e. The van der Waals surface area contributed by atoms with Crippen LogP contribution in [-0.2, 0) is 4.79 Å². The molecule has 0 atom stereocenters. The lowest BCUT2D eigenvalue weighted by Gasteiger charge is -2.02. The SMILES string of the molecule is CC(=O)Nc1sc(N/N=C\c2ccc(Cl)cc2Cl)nc1-c1ccc(Cl)cc1. The minimum atomic E-state index is -0.183. The summed E-state index contributed by atoms with van der Waals surface area (Å²) in [6.45, 7) is 1.44. The van der Waals surface area contributed by atoms with Crippen LogP contribution in [0, 0.1) is 0 Å². The summed E-state index contributed by atoms with van der Waals surface area (Å²) < 4.78 is 0. The number of benzene rings is 2. The zero-order valence-corrected chi connectivity index (χ0v) is 17.0. The molecular formula is C18H13Cl3N4OS. The Bertz CT molecular complexity index is 1000. The van der Waals surface area contributed by atoms with Crippen LogP contribution < -0.4 is 10.7 Å². The summed E-state index contributed by atoms with van der Waals surface area (Å²) in [6.07, 6.45) is 1.57. The summed E-state index contributed by atoms with van der Waals surface area (Å²) in [5.74, 6) is -0.183. The minimum Gasteiger partial charge on any atom is -0.316 e. The molecule has 1 amide bonds. The van der Waals surface area contributed by atoms with Gasteiger partial charge in [0.1, 0.15) is 10.7 Å². The molecule has 1 aromatic heterocycles. The van der Waals surface area contributed by atoms with E-state index in [1.807, 2.05) is 12.1 Å². The zero-order valence-electron chi connectivity index (χ0n) is 14.0. The average molecular weight is 440 g/mol. The third-order valence-corrected chi connectivity index (χ3v) is 5.05. The standard InChI is InChI=1S/C18H13Cl3N4OS/c1-10(26)23-17-16(11-2-5-13(19)6-3-11)24-18(27-17)25-22-9-12-4-7-14(20)8-15(12)21/h2-9H,1H3,(H,23,26)(H,24,25)/b22-9-. The second-order valence-corrected chi connectivity index (χ2v) is 7.70. The highest BCUT2D eigenvalue weighted by atomic mass is 35.5. The van der Waals surface area contributed by atoms with E-state index in [4.69, 9.17) is 34.8 Å². The molecule has 138 valence electrons. The van der Waals surface area contributed by atoms with Crippen LogP contribution in [0.2, 0.25) is 15.1 Å². The summed E-state index contributed by atoms with van der Waals surface area (Å²) in [5, 5.41) is 9.75. The summed E-state index contributed by atoms with van der Waals surface area (Å²) in [5.41, 5.74) is 5.04. The van der Waals surface area contributed by atoms with Gasteiger partial charge in [-0.3, -0.25) is 10.2 Å². The number of carbonyl (C=O) groups excluding carboxylic acids is 1. The van der Waals surface area contributed by atoms with Crippen molar-refractivity contribution in [2.75, 3.05) is 10.7 Å². The molecule has 2 aromatic carbocycles. The second kappa shape index (κ2) is 8.71. The van der Waals surface area contributed by atoms with Crippen LogP contribution in [0.25, 0.3) is 11.3 Å². The molecule has 0 aliphatic carbocycles. The van der Waals surface area contributed by atoms with Crippen molar-refractivity contribution < 1.29 is 4.79 Å². The quantitative estimate of drug-likeness (QED) is 0.369. The molecule has 5 nitrogen and oxygen atoms in total. The number of nitrogens with zero attached hydrogens (tertiary/aromatic N) is 2. The van der Waals surface area contributed by atoms with E-state index in [1.165, 1.54) is 18.3 Å². The van der Waals surface area contributed by atoms with Crippen LogP contribution in [0.5, 0.6) is 0 Å². The predicted octanol–water partition coefficient (Wildman–Crippen LogP) is 6.17. The molecular weight excluding hydrogens is 427 g/mol. The van der Waals surface area contributed by atoms with Crippen molar-refractivity contribution in [1.29, 1.82) is 0 Å². The van der Waals surface area contributed by atoms with Gasteiger partial charge in [-0.2, -0.15) is 5.10 Å². The Kier molecular flexibility index (Phi) is 6.34. The maximum atomic E-state index is 11.5. The van der Waals surface area contributed by atoms with Gasteiger partial charge in [-0.15, -0.1) is 0 Å². The van der Waals surface area contributed by atoms with Crippen LogP contribution in [-0.4, -0.2) is 17.1 Å². The van der Waals surface area contributed by atoms with Crippen molar-refractivity contribution in [1.82, 2.24) is 4.98 Å². The second-order valence-electron chi connectivity index (χ2n) is 5.42. The maximum Gasteiger partial charge on any atom is 0.221 e. The Morgan fingerprint density at radius 2 is 1.81 bits per heavy atom. The van der Waals surface area contributed by atoms with Crippen LogP contribution in [0.1, 0.15) is 12.5 Å². The van der Waals surface area contributed by atoms with Crippen molar-refractivity contribution in [3.63, 3.8) is 0 Å². The van der Waals surface area contributed by atoms with Gasteiger partial charge < -0.3 is 5.32 Å². The van der Waals surface area contributed by atoms with Gasteiger partial charge >= 0.3 is 0 Å². The van der Waals surface area contributed by atoms with Gasteiger partial charge in [0, 0.05) is 28.1 Å². The Morgan fingerprint density at radius 1 is 1.11 bits per heavy atom. The van der Waals surface area contributed by atoms with Gasteiger partial charge in [0.25, 0.3) is 0 Å². The highest BCUT2D eigenvalue weighted by Gasteiger charge is 2.14. The molecule has 0 aliphatic rings. The van der Waals surface area contributed by atoms with Gasteiger partial charge in [-0.25, -0.2) is 4.98 Å². The van der Waals surface area contributed by atoms with Crippen LogP contribution in [0.15, 0.2) is 47.6 Å². The topological polar surface area (TPSA) is 66.4 Å². The lowest BCUT2D eigenvalue weighted by Crippen LogP contribution is -2.05. The number of hydrazone groups is 1. The van der Waals surface area contributed by atoms with E-state index in [0.717, 1.165) is 5.56 Å². The number of amides is 1. The first-order valence-electron chi connectivity index (χ1n) is 7.71. The molecule has 0 saturated carbocycles. The first-order valence-corrected chi connectivity index (χ1v) is 9.66. The molecule has 0 radical (unpaired) electrons. The Labute approximate surface area is 175 Å². The van der Waals surface area contributed by atoms with Gasteiger partial charge in [0.05, 0.1) is 11.2 Å². The number of anilines is 2. The third-order valence-electron chi connectivity index (χ3n) is 3.36. The fourth-order valence-electron chi connectivity index (χ4n) is 2.18. The molecule has 2 N–H and O–H groups in total. The van der Waals surface area contributed by atoms with E-state index in [-0.39, 0.29) is 5.91 Å². The molecule has 0 aliphatic heterocycles. The van der Waals surface area contributed by atoms with Gasteiger partial charge in [-0.1, -0.05) is 64.3 Å². The summed E-state index contributed by atoms with van der Waals surface area (Å²) >= 11 is 19.2.